The Morgan fingerprint density at radius 3 is 1.21 bits per heavy atom. The summed E-state index contributed by atoms with van der Waals surface area (Å²) < 4.78 is -0.438. The number of rotatable bonds is 21. The molecule has 0 saturated heterocycles. The van der Waals surface area contributed by atoms with Gasteiger partial charge in [-0.25, -0.2) is 14.4 Å². The molecule has 0 aromatic heterocycles. The number of carboxylic acid groups (broad SMARTS) is 3. The van der Waals surface area contributed by atoms with Crippen molar-refractivity contribution in [3.63, 3.8) is 0 Å². The average molecular weight is 415 g/mol. The second-order valence-corrected chi connectivity index (χ2v) is 8.04. The molecule has 0 atom stereocenters. The number of unbranched alkanes of at least 4 members (excludes halogenated alkanes) is 12. The van der Waals surface area contributed by atoms with Gasteiger partial charge < -0.3 is 15.3 Å². The Balaban J connectivity index is 3.94. The fourth-order valence-electron chi connectivity index (χ4n) is 3.77. The molecule has 168 valence electrons. The first-order valence-corrected chi connectivity index (χ1v) is 10.9. The van der Waals surface area contributed by atoms with Gasteiger partial charge in [0.1, 0.15) is 0 Å². The molecule has 0 aliphatic heterocycles. The number of nitrogens with zero attached hydrogens (tertiary/aromatic N) is 1. The number of aliphatic carboxylic acids is 3. The molecule has 0 bridgehead atoms. The summed E-state index contributed by atoms with van der Waals surface area (Å²) in [6.07, 6.45) is 16.8. The van der Waals surface area contributed by atoms with Crippen LogP contribution in [0.25, 0.3) is 0 Å². The lowest BCUT2D eigenvalue weighted by Gasteiger charge is -2.34. The number of quaternary nitrogens is 1. The summed E-state index contributed by atoms with van der Waals surface area (Å²) in [4.78, 5) is 33.4. The Hall–Kier alpha value is -1.89. The molecule has 0 spiro atoms. The van der Waals surface area contributed by atoms with E-state index in [-0.39, 0.29) is 6.54 Å². The van der Waals surface area contributed by atoms with Gasteiger partial charge >= 0.3 is 17.9 Å². The van der Waals surface area contributed by atoms with Crippen LogP contribution in [0.1, 0.15) is 83.5 Å². The summed E-state index contributed by atoms with van der Waals surface area (Å²) in [7, 11) is 0. The van der Waals surface area contributed by atoms with Crippen molar-refractivity contribution in [1.82, 2.24) is 0 Å². The zero-order chi connectivity index (χ0) is 22.0. The van der Waals surface area contributed by atoms with Gasteiger partial charge in [0.25, 0.3) is 0 Å². The molecular weight excluding hydrogens is 374 g/mol. The molecule has 0 aromatic rings. The molecule has 29 heavy (non-hydrogen) atoms. The van der Waals surface area contributed by atoms with E-state index < -0.39 is 42.0 Å². The van der Waals surface area contributed by atoms with Crippen LogP contribution >= 0.6 is 0 Å². The third kappa shape index (κ3) is 16.7. The van der Waals surface area contributed by atoms with Crippen LogP contribution in [0.2, 0.25) is 0 Å². The van der Waals surface area contributed by atoms with E-state index in [1.165, 1.54) is 51.4 Å². The van der Waals surface area contributed by atoms with Gasteiger partial charge in [-0.15, -0.1) is 6.58 Å². The molecule has 7 heteroatoms. The SMILES string of the molecule is C=CCCCCCCCCCCCCCC[N+](CC(=O)O)(CC(=O)O)CC(=O)O. The number of carbonyl (C=O) groups is 3. The maximum Gasteiger partial charge on any atom is 0.359 e. The predicted octanol–water partition coefficient (Wildman–Crippen LogP) is 4.31. The van der Waals surface area contributed by atoms with Gasteiger partial charge in [0.05, 0.1) is 6.54 Å². The Kier molecular flexibility index (Phi) is 15.9. The third-order valence-corrected chi connectivity index (χ3v) is 5.20. The van der Waals surface area contributed by atoms with E-state index in [9.17, 15) is 14.4 Å². The van der Waals surface area contributed by atoms with Crippen LogP contribution in [-0.2, 0) is 14.4 Å². The summed E-state index contributed by atoms with van der Waals surface area (Å²) in [6, 6.07) is 0. The van der Waals surface area contributed by atoms with E-state index in [0.29, 0.717) is 6.42 Å². The van der Waals surface area contributed by atoms with Gasteiger partial charge in [-0.1, -0.05) is 63.9 Å². The van der Waals surface area contributed by atoms with Crippen molar-refractivity contribution in [2.75, 3.05) is 26.2 Å². The smallest absolute Gasteiger partial charge is 0.359 e. The third-order valence-electron chi connectivity index (χ3n) is 5.20. The van der Waals surface area contributed by atoms with Crippen molar-refractivity contribution in [3.05, 3.63) is 12.7 Å². The molecular formula is C22H40NO6+. The summed E-state index contributed by atoms with van der Waals surface area (Å²) in [5.74, 6) is -3.52. The van der Waals surface area contributed by atoms with Crippen LogP contribution < -0.4 is 0 Å². The number of hydrogen-bond acceptors (Lipinski definition) is 3. The van der Waals surface area contributed by atoms with Gasteiger partial charge in [0.15, 0.2) is 19.6 Å². The van der Waals surface area contributed by atoms with Crippen LogP contribution in [0.4, 0.5) is 0 Å². The Labute approximate surface area is 175 Å². The summed E-state index contributed by atoms with van der Waals surface area (Å²) in [6.45, 7) is 2.55. The number of carboxylic acids is 3. The van der Waals surface area contributed by atoms with Crippen LogP contribution in [0.5, 0.6) is 0 Å². The van der Waals surface area contributed by atoms with Crippen molar-refractivity contribution in [2.24, 2.45) is 0 Å². The van der Waals surface area contributed by atoms with Crippen molar-refractivity contribution >= 4 is 17.9 Å². The zero-order valence-electron chi connectivity index (χ0n) is 17.8. The molecule has 0 radical (unpaired) electrons. The Morgan fingerprint density at radius 1 is 0.586 bits per heavy atom. The molecule has 0 amide bonds. The van der Waals surface area contributed by atoms with Gasteiger partial charge in [-0.3, -0.25) is 4.48 Å². The fraction of sp³-hybridized carbons (Fsp3) is 0.773. The topological polar surface area (TPSA) is 112 Å². The highest BCUT2D eigenvalue weighted by Crippen LogP contribution is 2.15. The predicted molar refractivity (Wildman–Crippen MR) is 113 cm³/mol. The van der Waals surface area contributed by atoms with E-state index in [0.717, 1.165) is 25.7 Å². The normalized spacial score (nSPS) is 11.3. The first-order chi connectivity index (χ1) is 13.8. The Bertz CT molecular complexity index is 451. The quantitative estimate of drug-likeness (QED) is 0.147. The molecule has 0 rings (SSSR count). The maximum absolute atomic E-state index is 11.1. The molecule has 0 aromatic carbocycles. The second kappa shape index (κ2) is 17.0. The van der Waals surface area contributed by atoms with Crippen molar-refractivity contribution in [1.29, 1.82) is 0 Å². The molecule has 0 aliphatic rings. The standard InChI is InChI=1S/C22H39NO6/c1-2-3-4-5-6-7-8-9-10-11-12-13-14-15-16-23(17-20(24)25,18-21(26)27)19-22(28)29/h2H,1,3-19H2,(H2-,24,25,26,27,28,29)/p+1. The minimum Gasteiger partial charge on any atom is -0.477 e. The van der Waals surface area contributed by atoms with Gasteiger partial charge in [-0.05, 0) is 25.7 Å². The maximum atomic E-state index is 11.1. The average Bonchev–Trinajstić information content (AvgIpc) is 2.60. The van der Waals surface area contributed by atoms with Gasteiger partial charge in [0.2, 0.25) is 0 Å². The Morgan fingerprint density at radius 2 is 0.897 bits per heavy atom. The van der Waals surface area contributed by atoms with Crippen LogP contribution in [-0.4, -0.2) is 63.9 Å². The summed E-state index contributed by atoms with van der Waals surface area (Å²) in [5.41, 5.74) is 0. The highest BCUT2D eigenvalue weighted by atomic mass is 16.4. The summed E-state index contributed by atoms with van der Waals surface area (Å²) in [5, 5.41) is 27.3. The van der Waals surface area contributed by atoms with Crippen molar-refractivity contribution in [3.8, 4) is 0 Å². The first kappa shape index (κ1) is 27.1. The van der Waals surface area contributed by atoms with E-state index >= 15 is 0 Å². The van der Waals surface area contributed by atoms with E-state index in [1.54, 1.807) is 0 Å². The van der Waals surface area contributed by atoms with E-state index in [2.05, 4.69) is 6.58 Å². The van der Waals surface area contributed by atoms with Crippen molar-refractivity contribution in [2.45, 2.75) is 83.5 Å². The largest absolute Gasteiger partial charge is 0.477 e. The van der Waals surface area contributed by atoms with Gasteiger partial charge in [0, 0.05) is 0 Å². The van der Waals surface area contributed by atoms with E-state index in [4.69, 9.17) is 15.3 Å². The molecule has 0 aliphatic carbocycles. The lowest BCUT2D eigenvalue weighted by Crippen LogP contribution is -2.57. The molecule has 3 N–H and O–H groups in total. The lowest BCUT2D eigenvalue weighted by atomic mass is 10.0. The molecule has 0 unspecified atom stereocenters. The monoisotopic (exact) mass is 414 g/mol. The highest BCUT2D eigenvalue weighted by molar-refractivity contribution is 5.73. The second-order valence-electron chi connectivity index (χ2n) is 8.04. The molecule has 0 fully saturated rings. The van der Waals surface area contributed by atoms with E-state index in [1.807, 2.05) is 6.08 Å². The zero-order valence-corrected chi connectivity index (χ0v) is 17.8. The minimum absolute atomic E-state index is 0.261. The summed E-state index contributed by atoms with van der Waals surface area (Å²) >= 11 is 0. The van der Waals surface area contributed by atoms with Crippen molar-refractivity contribution < 1.29 is 34.2 Å². The molecule has 0 heterocycles. The molecule has 0 saturated carbocycles. The van der Waals surface area contributed by atoms with Gasteiger partial charge in [-0.2, -0.15) is 0 Å². The lowest BCUT2D eigenvalue weighted by molar-refractivity contribution is -0.907. The number of allylic oxidation sites excluding steroid dienone is 1. The first-order valence-electron chi connectivity index (χ1n) is 10.9. The number of hydrogen-bond donors (Lipinski definition) is 3. The minimum atomic E-state index is -1.17. The van der Waals surface area contributed by atoms with Crippen LogP contribution in [0.3, 0.4) is 0 Å². The van der Waals surface area contributed by atoms with Crippen LogP contribution in [0, 0.1) is 0 Å². The highest BCUT2D eigenvalue weighted by Gasteiger charge is 2.35. The van der Waals surface area contributed by atoms with Crippen LogP contribution in [0.15, 0.2) is 12.7 Å². The fourth-order valence-corrected chi connectivity index (χ4v) is 3.77. The molecule has 7 nitrogen and oxygen atoms in total.